The maximum absolute atomic E-state index is 14.8. The first-order valence-corrected chi connectivity index (χ1v) is 10.9. The molecule has 5 nitrogen and oxygen atoms in total. The predicted octanol–water partition coefficient (Wildman–Crippen LogP) is 4.20. The maximum Gasteiger partial charge on any atom is 0.343 e. The molecule has 0 saturated carbocycles. The van der Waals surface area contributed by atoms with Crippen LogP contribution >= 0.6 is 11.6 Å². The van der Waals surface area contributed by atoms with Gasteiger partial charge in [0.2, 0.25) is 15.7 Å². The molecule has 1 aliphatic heterocycles. The number of carbonyl (C=O) groups is 1. The van der Waals surface area contributed by atoms with Gasteiger partial charge in [0, 0.05) is 42.1 Å². The molecule has 0 aliphatic carbocycles. The number of benzene rings is 2. The number of ether oxygens (including phenoxy) is 1. The third-order valence-electron chi connectivity index (χ3n) is 4.88. The Kier molecular flexibility index (Phi) is 6.26. The molecule has 0 aromatic heterocycles. The summed E-state index contributed by atoms with van der Waals surface area (Å²) in [6.45, 7) is 1.23. The maximum atomic E-state index is 14.8. The molecule has 0 spiro atoms. The second-order valence-electron chi connectivity index (χ2n) is 6.71. The number of nitrogens with zero attached hydrogens (tertiary/aromatic N) is 1. The van der Waals surface area contributed by atoms with Crippen LogP contribution in [0.4, 0.5) is 8.78 Å². The lowest BCUT2D eigenvalue weighted by molar-refractivity contribution is -0.160. The number of hydrogen-bond acceptors (Lipinski definition) is 4. The van der Waals surface area contributed by atoms with E-state index in [2.05, 4.69) is 0 Å². The summed E-state index contributed by atoms with van der Waals surface area (Å²) >= 11 is 6.19. The van der Waals surface area contributed by atoms with Gasteiger partial charge in [0.15, 0.2) is 0 Å². The normalized spacial score (nSPS) is 17.1. The molecule has 0 N–H and O–H groups in total. The van der Waals surface area contributed by atoms with Gasteiger partial charge < -0.3 is 4.74 Å². The molecule has 1 fully saturated rings. The van der Waals surface area contributed by atoms with Crippen LogP contribution in [0.2, 0.25) is 5.02 Å². The smallest absolute Gasteiger partial charge is 0.343 e. The number of piperidine rings is 1. The molecule has 1 aliphatic rings. The molecule has 2 aromatic rings. The van der Waals surface area contributed by atoms with Gasteiger partial charge in [-0.15, -0.1) is 0 Å². The molecule has 0 bridgehead atoms. The highest BCUT2D eigenvalue weighted by molar-refractivity contribution is 7.89. The van der Waals surface area contributed by atoms with Crippen LogP contribution in [0.25, 0.3) is 11.1 Å². The van der Waals surface area contributed by atoms with Crippen LogP contribution in [0.15, 0.2) is 47.4 Å². The van der Waals surface area contributed by atoms with Crippen molar-refractivity contribution in [3.05, 3.63) is 53.3 Å². The van der Waals surface area contributed by atoms with Crippen LogP contribution < -0.4 is 0 Å². The van der Waals surface area contributed by atoms with E-state index in [-0.39, 0.29) is 48.0 Å². The summed E-state index contributed by atoms with van der Waals surface area (Å²) in [5.74, 6) is -1.59. The summed E-state index contributed by atoms with van der Waals surface area (Å²) in [6.07, 6.45) is -0.624. The Balaban J connectivity index is 1.94. The molecule has 156 valence electrons. The SMILES string of the molecule is CCOC(=O)C1(F)CCN(S(=O)(=O)c2ccc(F)cc2-c2ccccc2Cl)CC1. The molecule has 1 saturated heterocycles. The highest BCUT2D eigenvalue weighted by Gasteiger charge is 2.45. The summed E-state index contributed by atoms with van der Waals surface area (Å²) in [5.41, 5.74) is -1.72. The molecular weight excluding hydrogens is 424 g/mol. The van der Waals surface area contributed by atoms with Crippen LogP contribution in [0.3, 0.4) is 0 Å². The molecule has 0 radical (unpaired) electrons. The van der Waals surface area contributed by atoms with Gasteiger partial charge in [0.05, 0.1) is 11.5 Å². The van der Waals surface area contributed by atoms with Gasteiger partial charge in [-0.05, 0) is 31.2 Å². The van der Waals surface area contributed by atoms with Gasteiger partial charge in [0.25, 0.3) is 0 Å². The first kappa shape index (κ1) is 21.7. The summed E-state index contributed by atoms with van der Waals surface area (Å²) in [7, 11) is -4.07. The first-order valence-electron chi connectivity index (χ1n) is 9.10. The minimum atomic E-state index is -4.07. The summed E-state index contributed by atoms with van der Waals surface area (Å²) in [6, 6.07) is 9.85. The number of rotatable bonds is 5. The summed E-state index contributed by atoms with van der Waals surface area (Å²) in [4.78, 5) is 11.7. The quantitative estimate of drug-likeness (QED) is 0.649. The van der Waals surface area contributed by atoms with Crippen molar-refractivity contribution >= 4 is 27.6 Å². The second-order valence-corrected chi connectivity index (χ2v) is 9.02. The van der Waals surface area contributed by atoms with Crippen molar-refractivity contribution in [2.45, 2.75) is 30.3 Å². The van der Waals surface area contributed by atoms with E-state index >= 15 is 0 Å². The van der Waals surface area contributed by atoms with Gasteiger partial charge in [-0.1, -0.05) is 29.8 Å². The molecule has 29 heavy (non-hydrogen) atoms. The van der Waals surface area contributed by atoms with E-state index in [9.17, 15) is 22.0 Å². The van der Waals surface area contributed by atoms with Crippen LogP contribution in [-0.4, -0.2) is 44.1 Å². The zero-order valence-corrected chi connectivity index (χ0v) is 17.3. The van der Waals surface area contributed by atoms with Gasteiger partial charge in [0.1, 0.15) is 5.82 Å². The summed E-state index contributed by atoms with van der Waals surface area (Å²) < 4.78 is 61.0. The zero-order valence-electron chi connectivity index (χ0n) is 15.7. The van der Waals surface area contributed by atoms with E-state index < -0.39 is 27.5 Å². The molecule has 9 heteroatoms. The van der Waals surface area contributed by atoms with Crippen molar-refractivity contribution in [2.24, 2.45) is 0 Å². The minimum Gasteiger partial charge on any atom is -0.464 e. The van der Waals surface area contributed by atoms with Crippen molar-refractivity contribution in [2.75, 3.05) is 19.7 Å². The van der Waals surface area contributed by atoms with Gasteiger partial charge >= 0.3 is 5.97 Å². The Morgan fingerprint density at radius 2 is 1.83 bits per heavy atom. The van der Waals surface area contributed by atoms with Gasteiger partial charge in [-0.3, -0.25) is 0 Å². The lowest BCUT2D eigenvalue weighted by atomic mass is 9.95. The Labute approximate surface area is 173 Å². The molecular formula is C20H20ClF2NO4S. The standard InChI is InChI=1S/C20H20ClF2NO4S/c1-2-28-19(25)20(23)9-11-24(12-10-20)29(26,27)18-8-7-14(22)13-16(18)15-5-3-4-6-17(15)21/h3-8,13H,2,9-12H2,1H3. The largest absolute Gasteiger partial charge is 0.464 e. The third kappa shape index (κ3) is 4.29. The fourth-order valence-corrected chi connectivity index (χ4v) is 5.17. The van der Waals surface area contributed by atoms with Crippen molar-refractivity contribution in [1.29, 1.82) is 0 Å². The Morgan fingerprint density at radius 3 is 2.45 bits per heavy atom. The van der Waals surface area contributed by atoms with E-state index in [0.717, 1.165) is 16.4 Å². The highest BCUT2D eigenvalue weighted by atomic mass is 35.5. The average molecular weight is 444 g/mol. The summed E-state index contributed by atoms with van der Waals surface area (Å²) in [5, 5.41) is 0.276. The number of carbonyl (C=O) groups excluding carboxylic acids is 1. The van der Waals surface area contributed by atoms with E-state index in [1.807, 2.05) is 0 Å². The predicted molar refractivity (Wildman–Crippen MR) is 105 cm³/mol. The average Bonchev–Trinajstić information content (AvgIpc) is 2.68. The molecule has 1 heterocycles. The monoisotopic (exact) mass is 443 g/mol. The van der Waals surface area contributed by atoms with Gasteiger partial charge in [-0.2, -0.15) is 4.31 Å². The van der Waals surface area contributed by atoms with Crippen molar-refractivity contribution < 1.29 is 26.7 Å². The molecule has 0 atom stereocenters. The number of alkyl halides is 1. The lowest BCUT2D eigenvalue weighted by Crippen LogP contribution is -2.49. The lowest BCUT2D eigenvalue weighted by Gasteiger charge is -2.34. The molecule has 0 unspecified atom stereocenters. The van der Waals surface area contributed by atoms with Crippen molar-refractivity contribution in [3.63, 3.8) is 0 Å². The van der Waals surface area contributed by atoms with Crippen molar-refractivity contribution in [3.8, 4) is 11.1 Å². The van der Waals surface area contributed by atoms with E-state index in [0.29, 0.717) is 5.56 Å². The number of hydrogen-bond donors (Lipinski definition) is 0. The molecule has 3 rings (SSSR count). The topological polar surface area (TPSA) is 63.7 Å². The van der Waals surface area contributed by atoms with E-state index in [1.165, 1.54) is 6.07 Å². The fraction of sp³-hybridized carbons (Fsp3) is 0.350. The number of esters is 1. The van der Waals surface area contributed by atoms with Crippen LogP contribution in [0.5, 0.6) is 0 Å². The number of halogens is 3. The van der Waals surface area contributed by atoms with Gasteiger partial charge in [-0.25, -0.2) is 22.0 Å². The van der Waals surface area contributed by atoms with Crippen LogP contribution in [0.1, 0.15) is 19.8 Å². The molecule has 2 aromatic carbocycles. The van der Waals surface area contributed by atoms with E-state index in [1.54, 1.807) is 31.2 Å². The Hall–Kier alpha value is -2.03. The first-order chi connectivity index (χ1) is 13.7. The molecule has 0 amide bonds. The minimum absolute atomic E-state index is 0.0449. The third-order valence-corrected chi connectivity index (χ3v) is 7.17. The Morgan fingerprint density at radius 1 is 1.17 bits per heavy atom. The number of sulfonamides is 1. The van der Waals surface area contributed by atoms with Crippen LogP contribution in [0, 0.1) is 5.82 Å². The van der Waals surface area contributed by atoms with Crippen molar-refractivity contribution in [1.82, 2.24) is 4.31 Å². The van der Waals surface area contributed by atoms with E-state index in [4.69, 9.17) is 16.3 Å². The fourth-order valence-electron chi connectivity index (χ4n) is 3.30. The van der Waals surface area contributed by atoms with Crippen LogP contribution in [-0.2, 0) is 19.6 Å². The highest BCUT2D eigenvalue weighted by Crippen LogP contribution is 2.37. The second kappa shape index (κ2) is 8.38. The zero-order chi connectivity index (χ0) is 21.2. The Bertz CT molecular complexity index is 1020.